The van der Waals surface area contributed by atoms with Gasteiger partial charge in [-0.25, -0.2) is 0 Å². The molecule has 1 aromatic carbocycles. The van der Waals surface area contributed by atoms with E-state index in [-0.39, 0.29) is 0 Å². The van der Waals surface area contributed by atoms with Gasteiger partial charge in [0, 0.05) is 19.6 Å². The van der Waals surface area contributed by atoms with Crippen molar-refractivity contribution in [2.24, 2.45) is 0 Å². The molecule has 0 spiro atoms. The first-order valence-corrected chi connectivity index (χ1v) is 6.30. The van der Waals surface area contributed by atoms with Crippen molar-refractivity contribution in [3.63, 3.8) is 0 Å². The third-order valence-electron chi connectivity index (χ3n) is 3.22. The zero-order valence-corrected chi connectivity index (χ0v) is 10.9. The molecule has 2 nitrogen and oxygen atoms in total. The Labute approximate surface area is 104 Å². The summed E-state index contributed by atoms with van der Waals surface area (Å²) < 4.78 is 0. The van der Waals surface area contributed by atoms with Gasteiger partial charge in [0.15, 0.2) is 0 Å². The molecule has 1 N–H and O–H groups in total. The average molecular weight is 230 g/mol. The van der Waals surface area contributed by atoms with Crippen molar-refractivity contribution < 1.29 is 0 Å². The van der Waals surface area contributed by atoms with E-state index in [0.717, 1.165) is 32.6 Å². The summed E-state index contributed by atoms with van der Waals surface area (Å²) in [6.45, 7) is 10.2. The molecule has 1 aliphatic heterocycles. The predicted molar refractivity (Wildman–Crippen MR) is 73.0 cm³/mol. The quantitative estimate of drug-likeness (QED) is 0.799. The summed E-state index contributed by atoms with van der Waals surface area (Å²) >= 11 is 0. The summed E-state index contributed by atoms with van der Waals surface area (Å²) in [6, 6.07) is 6.68. The van der Waals surface area contributed by atoms with Crippen LogP contribution in [0.4, 0.5) is 0 Å². The van der Waals surface area contributed by atoms with Crippen molar-refractivity contribution in [2.75, 3.05) is 20.1 Å². The van der Waals surface area contributed by atoms with Crippen molar-refractivity contribution in [1.29, 1.82) is 0 Å². The minimum absolute atomic E-state index is 0.974. The molecule has 0 saturated carbocycles. The number of hydrogen-bond donors (Lipinski definition) is 1. The van der Waals surface area contributed by atoms with E-state index < -0.39 is 0 Å². The lowest BCUT2D eigenvalue weighted by atomic mass is 9.95. The van der Waals surface area contributed by atoms with Crippen LogP contribution in [0.5, 0.6) is 0 Å². The fraction of sp³-hybridized carbons (Fsp3) is 0.467. The highest BCUT2D eigenvalue weighted by atomic mass is 15.1. The first-order chi connectivity index (χ1) is 8.16. The molecule has 0 aromatic heterocycles. The standard InChI is InChI=1S/C15H22N2/c1-12(2)10-17(3)11-14-6-4-5-13-9-16-8-7-15(13)14/h4-6,16H,1,7-11H2,2-3H3. The number of benzene rings is 1. The van der Waals surface area contributed by atoms with Gasteiger partial charge in [-0.05, 0) is 43.6 Å². The number of fused-ring (bicyclic) bond motifs is 1. The summed E-state index contributed by atoms with van der Waals surface area (Å²) in [5.41, 5.74) is 5.73. The zero-order chi connectivity index (χ0) is 12.3. The van der Waals surface area contributed by atoms with Gasteiger partial charge in [0.05, 0.1) is 0 Å². The van der Waals surface area contributed by atoms with Gasteiger partial charge < -0.3 is 5.32 Å². The molecule has 17 heavy (non-hydrogen) atoms. The summed E-state index contributed by atoms with van der Waals surface area (Å²) in [4.78, 5) is 2.33. The van der Waals surface area contributed by atoms with Crippen molar-refractivity contribution in [3.05, 3.63) is 47.0 Å². The number of hydrogen-bond acceptors (Lipinski definition) is 2. The maximum Gasteiger partial charge on any atom is 0.0236 e. The molecule has 1 heterocycles. The molecular weight excluding hydrogens is 208 g/mol. The van der Waals surface area contributed by atoms with Crippen molar-refractivity contribution >= 4 is 0 Å². The Morgan fingerprint density at radius 2 is 2.29 bits per heavy atom. The summed E-state index contributed by atoms with van der Waals surface area (Å²) in [5.74, 6) is 0. The van der Waals surface area contributed by atoms with E-state index in [2.05, 4.69) is 49.0 Å². The molecule has 0 atom stereocenters. The van der Waals surface area contributed by atoms with E-state index in [9.17, 15) is 0 Å². The lowest BCUT2D eigenvalue weighted by Gasteiger charge is -2.23. The topological polar surface area (TPSA) is 15.3 Å². The normalized spacial score (nSPS) is 14.8. The van der Waals surface area contributed by atoms with Crippen LogP contribution in [0.3, 0.4) is 0 Å². The minimum atomic E-state index is 0.974. The molecule has 0 fully saturated rings. The molecular formula is C15H22N2. The van der Waals surface area contributed by atoms with Crippen LogP contribution in [-0.2, 0) is 19.5 Å². The lowest BCUT2D eigenvalue weighted by Crippen LogP contribution is -2.26. The van der Waals surface area contributed by atoms with Gasteiger partial charge in [-0.2, -0.15) is 0 Å². The third kappa shape index (κ3) is 3.18. The molecule has 2 rings (SSSR count). The van der Waals surface area contributed by atoms with Crippen LogP contribution in [0.15, 0.2) is 30.4 Å². The molecule has 1 aliphatic rings. The van der Waals surface area contributed by atoms with E-state index in [0.29, 0.717) is 0 Å². The Hall–Kier alpha value is -1.12. The van der Waals surface area contributed by atoms with E-state index in [4.69, 9.17) is 0 Å². The van der Waals surface area contributed by atoms with Crippen LogP contribution in [0.2, 0.25) is 0 Å². The average Bonchev–Trinajstić information content (AvgIpc) is 2.28. The number of likely N-dealkylation sites (N-methyl/N-ethyl adjacent to an activating group) is 1. The lowest BCUT2D eigenvalue weighted by molar-refractivity contribution is 0.353. The molecule has 0 unspecified atom stereocenters. The molecule has 0 aliphatic carbocycles. The van der Waals surface area contributed by atoms with Crippen LogP contribution >= 0.6 is 0 Å². The molecule has 2 heteroatoms. The molecule has 92 valence electrons. The van der Waals surface area contributed by atoms with E-state index in [1.54, 1.807) is 5.56 Å². The molecule has 1 aromatic rings. The van der Waals surface area contributed by atoms with Crippen molar-refractivity contribution in [2.45, 2.75) is 26.4 Å². The highest BCUT2D eigenvalue weighted by Crippen LogP contribution is 2.19. The van der Waals surface area contributed by atoms with Gasteiger partial charge in [0.25, 0.3) is 0 Å². The van der Waals surface area contributed by atoms with Gasteiger partial charge in [0.1, 0.15) is 0 Å². The first kappa shape index (κ1) is 12.3. The van der Waals surface area contributed by atoms with Gasteiger partial charge in [-0.1, -0.05) is 30.4 Å². The SMILES string of the molecule is C=C(C)CN(C)Cc1cccc2c1CCNC2. The highest BCUT2D eigenvalue weighted by Gasteiger charge is 2.13. The maximum absolute atomic E-state index is 3.97. The van der Waals surface area contributed by atoms with Gasteiger partial charge in [-0.3, -0.25) is 4.90 Å². The van der Waals surface area contributed by atoms with Crippen LogP contribution in [-0.4, -0.2) is 25.0 Å². The number of nitrogens with one attached hydrogen (secondary N) is 1. The predicted octanol–water partition coefficient (Wildman–Crippen LogP) is 2.34. The summed E-state index contributed by atoms with van der Waals surface area (Å²) in [5, 5.41) is 3.43. The van der Waals surface area contributed by atoms with E-state index >= 15 is 0 Å². The smallest absolute Gasteiger partial charge is 0.0236 e. The van der Waals surface area contributed by atoms with Crippen LogP contribution in [0, 0.1) is 0 Å². The first-order valence-electron chi connectivity index (χ1n) is 6.30. The van der Waals surface area contributed by atoms with Crippen molar-refractivity contribution in [1.82, 2.24) is 10.2 Å². The number of rotatable bonds is 4. The van der Waals surface area contributed by atoms with Gasteiger partial charge >= 0.3 is 0 Å². The fourth-order valence-electron chi connectivity index (χ4n) is 2.57. The Morgan fingerprint density at radius 1 is 1.47 bits per heavy atom. The molecule has 0 saturated heterocycles. The second kappa shape index (κ2) is 5.48. The Morgan fingerprint density at radius 3 is 3.06 bits per heavy atom. The van der Waals surface area contributed by atoms with Crippen LogP contribution < -0.4 is 5.32 Å². The van der Waals surface area contributed by atoms with E-state index in [1.165, 1.54) is 16.7 Å². The molecule has 0 bridgehead atoms. The maximum atomic E-state index is 3.97. The van der Waals surface area contributed by atoms with Gasteiger partial charge in [-0.15, -0.1) is 0 Å². The summed E-state index contributed by atoms with van der Waals surface area (Å²) in [7, 11) is 2.16. The second-order valence-electron chi connectivity index (χ2n) is 5.11. The molecule has 0 radical (unpaired) electrons. The second-order valence-corrected chi connectivity index (χ2v) is 5.11. The van der Waals surface area contributed by atoms with Gasteiger partial charge in [0.2, 0.25) is 0 Å². The van der Waals surface area contributed by atoms with Crippen LogP contribution in [0.25, 0.3) is 0 Å². The Balaban J connectivity index is 2.13. The number of nitrogens with zero attached hydrogens (tertiary/aromatic N) is 1. The van der Waals surface area contributed by atoms with E-state index in [1.807, 2.05) is 0 Å². The zero-order valence-electron chi connectivity index (χ0n) is 10.9. The summed E-state index contributed by atoms with van der Waals surface area (Å²) in [6.07, 6.45) is 1.16. The van der Waals surface area contributed by atoms with Crippen LogP contribution in [0.1, 0.15) is 23.6 Å². The Bertz CT molecular complexity index is 409. The highest BCUT2D eigenvalue weighted by molar-refractivity contribution is 5.37. The Kier molecular flexibility index (Phi) is 3.97. The third-order valence-corrected chi connectivity index (χ3v) is 3.22. The monoisotopic (exact) mass is 230 g/mol. The largest absolute Gasteiger partial charge is 0.312 e. The minimum Gasteiger partial charge on any atom is -0.312 e. The van der Waals surface area contributed by atoms with Crippen molar-refractivity contribution in [3.8, 4) is 0 Å². The fourth-order valence-corrected chi connectivity index (χ4v) is 2.57. The molecule has 0 amide bonds.